The van der Waals surface area contributed by atoms with Crippen molar-refractivity contribution in [3.8, 4) is 0 Å². The largest absolute Gasteiger partial charge is 0.310 e. The van der Waals surface area contributed by atoms with Crippen LogP contribution in [0.25, 0.3) is 10.1 Å². The summed E-state index contributed by atoms with van der Waals surface area (Å²) >= 11 is 9.92. The number of aryl methyl sites for hydroxylation is 3. The molecule has 5 heteroatoms. The number of nitrogens with zero attached hydrogens (tertiary/aromatic N) is 3. The molecule has 71 heavy (non-hydrogen) atoms. The molecule has 0 bridgehead atoms. The third-order valence-electron chi connectivity index (χ3n) is 14.0. The minimum absolute atomic E-state index is 0.00611. The topological polar surface area (TPSA) is 9.72 Å². The lowest BCUT2D eigenvalue weighted by Gasteiger charge is -2.33. The summed E-state index contributed by atoms with van der Waals surface area (Å²) in [6.45, 7) is 38.6. The van der Waals surface area contributed by atoms with Crippen molar-refractivity contribution in [2.45, 2.75) is 145 Å². The molecule has 368 valence electrons. The Morgan fingerprint density at radius 2 is 0.831 bits per heavy atom. The highest BCUT2D eigenvalue weighted by Crippen LogP contribution is 2.51. The minimum Gasteiger partial charge on any atom is -0.310 e. The lowest BCUT2D eigenvalue weighted by atomic mass is 9.86. The van der Waals surface area contributed by atoms with E-state index in [1.54, 1.807) is 11.3 Å². The molecular formula is C66H76ClN3S. The fraction of sp³-hybridized carbons (Fsp3) is 0.333. The lowest BCUT2D eigenvalue weighted by molar-refractivity contribution is 0.590. The highest BCUT2D eigenvalue weighted by molar-refractivity contribution is 7.17. The van der Waals surface area contributed by atoms with Gasteiger partial charge in [-0.05, 0) is 172 Å². The average molecular weight is 979 g/mol. The summed E-state index contributed by atoms with van der Waals surface area (Å²) in [7, 11) is 0. The van der Waals surface area contributed by atoms with Crippen molar-refractivity contribution in [3.63, 3.8) is 0 Å². The summed E-state index contributed by atoms with van der Waals surface area (Å²) in [6, 6.07) is 52.5. The number of thiophene rings is 1. The maximum Gasteiger partial charge on any atom is 0.0887 e. The summed E-state index contributed by atoms with van der Waals surface area (Å²) in [5.74, 6) is 0.421. The van der Waals surface area contributed by atoms with Crippen LogP contribution < -0.4 is 14.7 Å². The molecule has 1 heterocycles. The van der Waals surface area contributed by atoms with E-state index < -0.39 is 0 Å². The molecule has 0 aliphatic heterocycles. The van der Waals surface area contributed by atoms with Gasteiger partial charge in [-0.15, -0.1) is 11.3 Å². The number of rotatable bonds is 10. The molecular weight excluding hydrogens is 902 g/mol. The summed E-state index contributed by atoms with van der Waals surface area (Å²) in [6.07, 6.45) is 0. The van der Waals surface area contributed by atoms with Crippen LogP contribution in [-0.4, -0.2) is 0 Å². The Kier molecular flexibility index (Phi) is 14.0. The van der Waals surface area contributed by atoms with Gasteiger partial charge in [0.15, 0.2) is 0 Å². The smallest absolute Gasteiger partial charge is 0.0887 e. The predicted octanol–water partition coefficient (Wildman–Crippen LogP) is 21.2. The first-order chi connectivity index (χ1) is 33.2. The summed E-state index contributed by atoms with van der Waals surface area (Å²) in [5, 5.41) is 4.18. The van der Waals surface area contributed by atoms with Crippen molar-refractivity contribution in [2.24, 2.45) is 0 Å². The van der Waals surface area contributed by atoms with E-state index in [1.165, 1.54) is 54.7 Å². The second-order valence-corrected chi connectivity index (χ2v) is 25.6. The Balaban J connectivity index is 1.38. The molecule has 3 nitrogen and oxygen atoms in total. The predicted molar refractivity (Wildman–Crippen MR) is 314 cm³/mol. The fourth-order valence-electron chi connectivity index (χ4n) is 9.73. The van der Waals surface area contributed by atoms with E-state index in [0.717, 1.165) is 51.1 Å². The molecule has 1 aromatic heterocycles. The van der Waals surface area contributed by atoms with Crippen LogP contribution in [0.15, 0.2) is 145 Å². The quantitative estimate of drug-likeness (QED) is 0.135. The van der Waals surface area contributed by atoms with Gasteiger partial charge in [-0.2, -0.15) is 0 Å². The van der Waals surface area contributed by atoms with Crippen LogP contribution in [0.2, 0.25) is 5.02 Å². The van der Waals surface area contributed by atoms with Gasteiger partial charge < -0.3 is 14.7 Å². The SMILES string of the molecule is Cc1cc(N(c2ccc(C(C)(C)C)cc2)c2cccc(N(c3ccc(C(C)(C)C)cc3)c3c(C)cc(C(C)C)cc3C)c2)c(Cl)c(N(c2ccc(C(C)(C)C)cc2)c2csc3ccc(C(C)(C)C)cc23)c1. The Morgan fingerprint density at radius 1 is 0.423 bits per heavy atom. The van der Waals surface area contributed by atoms with Crippen LogP contribution in [0.4, 0.5) is 51.2 Å². The normalized spacial score (nSPS) is 12.5. The second-order valence-electron chi connectivity index (χ2n) is 24.3. The van der Waals surface area contributed by atoms with E-state index in [-0.39, 0.29) is 21.7 Å². The molecule has 8 aromatic rings. The molecule has 0 saturated heterocycles. The Hall–Kier alpha value is -5.81. The van der Waals surface area contributed by atoms with Gasteiger partial charge in [0.25, 0.3) is 0 Å². The Labute approximate surface area is 436 Å². The second kappa shape index (κ2) is 19.3. The number of anilines is 9. The van der Waals surface area contributed by atoms with E-state index in [1.807, 2.05) is 0 Å². The number of hydrogen-bond donors (Lipinski definition) is 0. The van der Waals surface area contributed by atoms with E-state index in [9.17, 15) is 0 Å². The van der Waals surface area contributed by atoms with Gasteiger partial charge in [0.2, 0.25) is 0 Å². The molecule has 0 unspecified atom stereocenters. The first kappa shape index (κ1) is 51.5. The molecule has 8 rings (SSSR count). The number of fused-ring (bicyclic) bond motifs is 1. The molecule has 0 aliphatic carbocycles. The monoisotopic (exact) mass is 978 g/mol. The van der Waals surface area contributed by atoms with Crippen LogP contribution in [0, 0.1) is 20.8 Å². The molecule has 0 fully saturated rings. The lowest BCUT2D eigenvalue weighted by Crippen LogP contribution is -2.17. The Morgan fingerprint density at radius 3 is 1.28 bits per heavy atom. The van der Waals surface area contributed by atoms with Gasteiger partial charge in [-0.1, -0.05) is 169 Å². The number of halogens is 1. The van der Waals surface area contributed by atoms with Crippen LogP contribution in [-0.2, 0) is 21.7 Å². The zero-order valence-electron chi connectivity index (χ0n) is 45.6. The summed E-state index contributed by atoms with van der Waals surface area (Å²) in [5.41, 5.74) is 19.5. The van der Waals surface area contributed by atoms with Crippen molar-refractivity contribution in [3.05, 3.63) is 194 Å². The first-order valence-corrected chi connectivity index (χ1v) is 26.7. The minimum atomic E-state index is -0.0152. The van der Waals surface area contributed by atoms with Crippen molar-refractivity contribution < 1.29 is 0 Å². The Bertz CT molecular complexity index is 3160. The maximum absolute atomic E-state index is 8.14. The molecule has 0 aliphatic rings. The molecule has 0 spiro atoms. The molecule has 7 aromatic carbocycles. The van der Waals surface area contributed by atoms with Gasteiger partial charge in [0.05, 0.1) is 27.8 Å². The van der Waals surface area contributed by atoms with Crippen molar-refractivity contribution in [1.29, 1.82) is 0 Å². The zero-order valence-corrected chi connectivity index (χ0v) is 47.1. The number of hydrogen-bond acceptors (Lipinski definition) is 4. The van der Waals surface area contributed by atoms with Gasteiger partial charge >= 0.3 is 0 Å². The van der Waals surface area contributed by atoms with Crippen LogP contribution in [0.3, 0.4) is 0 Å². The summed E-state index contributed by atoms with van der Waals surface area (Å²) < 4.78 is 1.24. The van der Waals surface area contributed by atoms with E-state index in [2.05, 4.69) is 277 Å². The number of benzene rings is 7. The van der Waals surface area contributed by atoms with Crippen LogP contribution in [0.1, 0.15) is 147 Å². The van der Waals surface area contributed by atoms with Gasteiger partial charge in [-0.25, -0.2) is 0 Å². The highest BCUT2D eigenvalue weighted by Gasteiger charge is 2.28. The summed E-state index contributed by atoms with van der Waals surface area (Å²) in [4.78, 5) is 7.20. The van der Waals surface area contributed by atoms with Crippen molar-refractivity contribution in [1.82, 2.24) is 0 Å². The van der Waals surface area contributed by atoms with E-state index >= 15 is 0 Å². The average Bonchev–Trinajstić information content (AvgIpc) is 3.71. The van der Waals surface area contributed by atoms with Crippen LogP contribution >= 0.6 is 22.9 Å². The zero-order chi connectivity index (χ0) is 51.5. The third kappa shape index (κ3) is 10.7. The van der Waals surface area contributed by atoms with Crippen molar-refractivity contribution in [2.75, 3.05) is 14.7 Å². The van der Waals surface area contributed by atoms with Gasteiger partial charge in [-0.3, -0.25) is 0 Å². The molecule has 0 N–H and O–H groups in total. The fourth-order valence-corrected chi connectivity index (χ4v) is 10.9. The van der Waals surface area contributed by atoms with Gasteiger partial charge in [0, 0.05) is 43.9 Å². The first-order valence-electron chi connectivity index (χ1n) is 25.5. The maximum atomic E-state index is 8.14. The van der Waals surface area contributed by atoms with E-state index in [4.69, 9.17) is 11.6 Å². The van der Waals surface area contributed by atoms with E-state index in [0.29, 0.717) is 10.9 Å². The molecule has 0 amide bonds. The molecule has 0 saturated carbocycles. The third-order valence-corrected chi connectivity index (χ3v) is 15.4. The highest BCUT2D eigenvalue weighted by atomic mass is 35.5. The molecule has 0 atom stereocenters. The van der Waals surface area contributed by atoms with Gasteiger partial charge in [0.1, 0.15) is 0 Å². The standard InChI is InChI=1S/C66H76ClN3S/c1-42(2)46-37-44(4)62(45(5)38-46)69(52-30-23-48(24-31-52)64(9,10)11)55-20-18-19-54(40-55)68(51-28-21-47(22-29-51)63(6,7)8)57-35-43(3)36-58(61(57)67)70(53-32-25-49(26-33-53)65(12,13)14)59-41-71-60-34-27-50(39-56(59)60)66(15,16)17/h18-42H,1-17H3. The van der Waals surface area contributed by atoms with Crippen molar-refractivity contribution >= 4 is 84.2 Å². The van der Waals surface area contributed by atoms with Crippen LogP contribution in [0.5, 0.6) is 0 Å². The molecule has 0 radical (unpaired) electrons.